The number of halogens is 3. The first kappa shape index (κ1) is 17.8. The van der Waals surface area contributed by atoms with E-state index in [1.165, 1.54) is 12.1 Å². The fourth-order valence-corrected chi connectivity index (χ4v) is 1.48. The zero-order chi connectivity index (χ0) is 16.9. The molecule has 8 heteroatoms. The number of hydrogen-bond donors (Lipinski definition) is 1. The molecule has 0 fully saturated rings. The van der Waals surface area contributed by atoms with Gasteiger partial charge in [-0.25, -0.2) is 4.79 Å². The Bertz CT molecular complexity index is 558. The summed E-state index contributed by atoms with van der Waals surface area (Å²) in [6.45, 7) is 3.65. The molecule has 1 rings (SSSR count). The lowest BCUT2D eigenvalue weighted by atomic mass is 10.1. The molecule has 0 aliphatic rings. The summed E-state index contributed by atoms with van der Waals surface area (Å²) in [5, 5.41) is 1.67. The van der Waals surface area contributed by atoms with E-state index in [0.717, 1.165) is 13.2 Å². The van der Waals surface area contributed by atoms with Gasteiger partial charge in [-0.05, 0) is 31.5 Å². The van der Waals surface area contributed by atoms with Crippen LogP contribution in [0.25, 0.3) is 0 Å². The first-order valence-electron chi connectivity index (χ1n) is 6.46. The molecule has 1 aromatic rings. The zero-order valence-electron chi connectivity index (χ0n) is 12.3. The fourth-order valence-electron chi connectivity index (χ4n) is 1.48. The Kier molecular flexibility index (Phi) is 5.78. The molecule has 1 atom stereocenters. The van der Waals surface area contributed by atoms with Crippen molar-refractivity contribution in [2.24, 2.45) is 0 Å². The lowest BCUT2D eigenvalue weighted by Gasteiger charge is -2.16. The number of alkyl halides is 3. The number of nitrogens with one attached hydrogen (secondary N) is 1. The lowest BCUT2D eigenvalue weighted by molar-refractivity contribution is -0.167. The van der Waals surface area contributed by atoms with Crippen molar-refractivity contribution in [2.75, 3.05) is 12.4 Å². The molecule has 1 aromatic carbocycles. The number of esters is 1. The standard InChI is InChI=1S/C14H16F3NO4/c1-4-8(2)22-11-6-5-9(7-10(11)12(19)21-3)18-13(20)14(15,16)17/h5-8H,4H2,1-3H3,(H,18,20). The van der Waals surface area contributed by atoms with Crippen molar-refractivity contribution in [1.29, 1.82) is 0 Å². The normalized spacial score (nSPS) is 12.5. The maximum Gasteiger partial charge on any atom is 0.471 e. The Morgan fingerprint density at radius 1 is 1.32 bits per heavy atom. The van der Waals surface area contributed by atoms with Crippen LogP contribution in [0.5, 0.6) is 5.75 Å². The number of ether oxygens (including phenoxy) is 2. The zero-order valence-corrected chi connectivity index (χ0v) is 12.3. The van der Waals surface area contributed by atoms with Crippen molar-refractivity contribution >= 4 is 17.6 Å². The first-order valence-corrected chi connectivity index (χ1v) is 6.46. The van der Waals surface area contributed by atoms with Gasteiger partial charge in [0.1, 0.15) is 11.3 Å². The first-order chi connectivity index (χ1) is 10.2. The van der Waals surface area contributed by atoms with E-state index in [1.807, 2.05) is 6.92 Å². The van der Waals surface area contributed by atoms with Gasteiger partial charge in [-0.1, -0.05) is 6.92 Å². The number of anilines is 1. The van der Waals surface area contributed by atoms with Crippen molar-refractivity contribution in [1.82, 2.24) is 0 Å². The highest BCUT2D eigenvalue weighted by molar-refractivity contribution is 5.98. The Morgan fingerprint density at radius 3 is 2.45 bits per heavy atom. The van der Waals surface area contributed by atoms with Crippen LogP contribution in [0.1, 0.15) is 30.6 Å². The fraction of sp³-hybridized carbons (Fsp3) is 0.429. The van der Waals surface area contributed by atoms with E-state index in [0.29, 0.717) is 6.42 Å². The predicted molar refractivity (Wildman–Crippen MR) is 72.8 cm³/mol. The van der Waals surface area contributed by atoms with Crippen LogP contribution in [0, 0.1) is 0 Å². The highest BCUT2D eigenvalue weighted by Gasteiger charge is 2.38. The lowest BCUT2D eigenvalue weighted by Crippen LogP contribution is -2.30. The minimum atomic E-state index is -5.02. The van der Waals surface area contributed by atoms with Crippen LogP contribution < -0.4 is 10.1 Å². The number of rotatable bonds is 5. The molecular weight excluding hydrogens is 303 g/mol. The molecule has 1 amide bonds. The molecule has 122 valence electrons. The van der Waals surface area contributed by atoms with E-state index in [9.17, 15) is 22.8 Å². The molecule has 0 aliphatic heterocycles. The summed E-state index contributed by atoms with van der Waals surface area (Å²) in [6, 6.07) is 3.60. The number of benzene rings is 1. The van der Waals surface area contributed by atoms with Crippen LogP contribution in [0.2, 0.25) is 0 Å². The monoisotopic (exact) mass is 319 g/mol. The number of methoxy groups -OCH3 is 1. The van der Waals surface area contributed by atoms with Crippen LogP contribution in [-0.2, 0) is 9.53 Å². The third-order valence-electron chi connectivity index (χ3n) is 2.80. The topological polar surface area (TPSA) is 64.6 Å². The van der Waals surface area contributed by atoms with Gasteiger partial charge in [0.25, 0.3) is 0 Å². The summed E-state index contributed by atoms with van der Waals surface area (Å²) in [4.78, 5) is 22.6. The third kappa shape index (κ3) is 4.64. The molecule has 0 saturated carbocycles. The molecule has 0 heterocycles. The van der Waals surface area contributed by atoms with Gasteiger partial charge in [0.2, 0.25) is 0 Å². The van der Waals surface area contributed by atoms with Crippen molar-refractivity contribution in [3.05, 3.63) is 23.8 Å². The highest BCUT2D eigenvalue weighted by atomic mass is 19.4. The predicted octanol–water partition coefficient (Wildman–Crippen LogP) is 3.15. The van der Waals surface area contributed by atoms with Gasteiger partial charge < -0.3 is 14.8 Å². The van der Waals surface area contributed by atoms with Crippen molar-refractivity contribution < 1.29 is 32.2 Å². The molecule has 0 aliphatic carbocycles. The largest absolute Gasteiger partial charge is 0.490 e. The van der Waals surface area contributed by atoms with Crippen LogP contribution in [-0.4, -0.2) is 31.3 Å². The smallest absolute Gasteiger partial charge is 0.471 e. The Hall–Kier alpha value is -2.25. The average Bonchev–Trinajstić information content (AvgIpc) is 2.46. The number of carbonyl (C=O) groups excluding carboxylic acids is 2. The molecule has 0 radical (unpaired) electrons. The van der Waals surface area contributed by atoms with Crippen LogP contribution in [0.3, 0.4) is 0 Å². The van der Waals surface area contributed by atoms with E-state index >= 15 is 0 Å². The van der Waals surface area contributed by atoms with Crippen molar-refractivity contribution in [2.45, 2.75) is 32.5 Å². The minimum Gasteiger partial charge on any atom is -0.490 e. The molecular formula is C14H16F3NO4. The van der Waals surface area contributed by atoms with Gasteiger partial charge in [0.15, 0.2) is 0 Å². The van der Waals surface area contributed by atoms with Gasteiger partial charge in [0, 0.05) is 5.69 Å². The Balaban J connectivity index is 3.09. The number of amides is 1. The van der Waals surface area contributed by atoms with Gasteiger partial charge >= 0.3 is 18.1 Å². The van der Waals surface area contributed by atoms with Crippen LogP contribution in [0.15, 0.2) is 18.2 Å². The number of carbonyl (C=O) groups is 2. The Labute approximate surface area is 125 Å². The molecule has 5 nitrogen and oxygen atoms in total. The maximum absolute atomic E-state index is 12.2. The van der Waals surface area contributed by atoms with E-state index in [1.54, 1.807) is 12.2 Å². The van der Waals surface area contributed by atoms with Gasteiger partial charge in [-0.2, -0.15) is 13.2 Å². The summed E-state index contributed by atoms with van der Waals surface area (Å²) in [5.41, 5.74) is -0.248. The average molecular weight is 319 g/mol. The minimum absolute atomic E-state index is 0.0669. The van der Waals surface area contributed by atoms with E-state index in [-0.39, 0.29) is 23.1 Å². The summed E-state index contributed by atoms with van der Waals surface area (Å²) in [5.74, 6) is -2.73. The SMILES string of the molecule is CCC(C)Oc1ccc(NC(=O)C(F)(F)F)cc1C(=O)OC. The second kappa shape index (κ2) is 7.15. The van der Waals surface area contributed by atoms with Gasteiger partial charge in [-0.3, -0.25) is 4.79 Å². The maximum atomic E-state index is 12.2. The molecule has 0 bridgehead atoms. The van der Waals surface area contributed by atoms with Gasteiger partial charge in [0.05, 0.1) is 13.2 Å². The quantitative estimate of drug-likeness (QED) is 0.847. The summed E-state index contributed by atoms with van der Waals surface area (Å²) < 4.78 is 46.8. The second-order valence-corrected chi connectivity index (χ2v) is 4.49. The van der Waals surface area contributed by atoms with Crippen LogP contribution >= 0.6 is 0 Å². The van der Waals surface area contributed by atoms with E-state index in [2.05, 4.69) is 4.74 Å². The molecule has 0 aromatic heterocycles. The van der Waals surface area contributed by atoms with E-state index < -0.39 is 18.1 Å². The van der Waals surface area contributed by atoms with E-state index in [4.69, 9.17) is 4.74 Å². The van der Waals surface area contributed by atoms with Crippen molar-refractivity contribution in [3.8, 4) is 5.75 Å². The second-order valence-electron chi connectivity index (χ2n) is 4.49. The summed E-state index contributed by atoms with van der Waals surface area (Å²) in [6.07, 6.45) is -4.54. The molecule has 1 N–H and O–H groups in total. The number of hydrogen-bond acceptors (Lipinski definition) is 4. The van der Waals surface area contributed by atoms with Crippen molar-refractivity contribution in [3.63, 3.8) is 0 Å². The molecule has 22 heavy (non-hydrogen) atoms. The molecule has 1 unspecified atom stereocenters. The van der Waals surface area contributed by atoms with Gasteiger partial charge in [-0.15, -0.1) is 0 Å². The Morgan fingerprint density at radius 2 is 1.95 bits per heavy atom. The van der Waals surface area contributed by atoms with Crippen LogP contribution in [0.4, 0.5) is 18.9 Å². The highest BCUT2D eigenvalue weighted by Crippen LogP contribution is 2.26. The third-order valence-corrected chi connectivity index (χ3v) is 2.80. The molecule has 0 spiro atoms. The molecule has 0 saturated heterocycles. The summed E-state index contributed by atoms with van der Waals surface area (Å²) in [7, 11) is 1.14. The summed E-state index contributed by atoms with van der Waals surface area (Å²) >= 11 is 0.